The lowest BCUT2D eigenvalue weighted by molar-refractivity contribution is 0.103. The number of aromatic nitrogens is 1. The molecule has 0 radical (unpaired) electrons. The van der Waals surface area contributed by atoms with Gasteiger partial charge in [0.1, 0.15) is 17.4 Å². The highest BCUT2D eigenvalue weighted by atomic mass is 16.5. The van der Waals surface area contributed by atoms with E-state index in [0.717, 1.165) is 16.7 Å². The maximum atomic E-state index is 12.4. The number of aromatic amines is 1. The standard InChI is InChI=1S/C17H19N3O2/c1-11(2)22-14-6-5-12-7-16(19-15(12)8-14)17(21)13(9-18)10-20(3)4/h5-8,10-11,19H,1-4H3. The van der Waals surface area contributed by atoms with Crippen molar-refractivity contribution in [2.45, 2.75) is 20.0 Å². The van der Waals surface area contributed by atoms with Gasteiger partial charge in [-0.3, -0.25) is 4.79 Å². The molecule has 0 aliphatic heterocycles. The van der Waals surface area contributed by atoms with E-state index in [9.17, 15) is 4.79 Å². The van der Waals surface area contributed by atoms with Crippen molar-refractivity contribution in [3.8, 4) is 11.8 Å². The van der Waals surface area contributed by atoms with Crippen molar-refractivity contribution in [3.05, 3.63) is 41.7 Å². The van der Waals surface area contributed by atoms with Gasteiger partial charge in [-0.15, -0.1) is 0 Å². The first kappa shape index (κ1) is 15.6. The molecule has 0 bridgehead atoms. The average Bonchev–Trinajstić information content (AvgIpc) is 2.86. The Hall–Kier alpha value is -2.74. The Morgan fingerprint density at radius 1 is 1.36 bits per heavy atom. The number of hydrogen-bond acceptors (Lipinski definition) is 4. The average molecular weight is 297 g/mol. The van der Waals surface area contributed by atoms with Crippen LogP contribution in [0.3, 0.4) is 0 Å². The van der Waals surface area contributed by atoms with Crippen LogP contribution in [0.25, 0.3) is 10.9 Å². The van der Waals surface area contributed by atoms with Gasteiger partial charge in [-0.25, -0.2) is 0 Å². The Morgan fingerprint density at radius 2 is 2.09 bits per heavy atom. The van der Waals surface area contributed by atoms with Gasteiger partial charge in [0.15, 0.2) is 0 Å². The molecule has 1 N–H and O–H groups in total. The number of hydrogen-bond donors (Lipinski definition) is 1. The van der Waals surface area contributed by atoms with E-state index in [2.05, 4.69) is 4.98 Å². The molecule has 114 valence electrons. The molecule has 0 amide bonds. The second kappa shape index (κ2) is 6.35. The summed E-state index contributed by atoms with van der Waals surface area (Å²) in [6.07, 6.45) is 1.60. The van der Waals surface area contributed by atoms with Gasteiger partial charge in [0.05, 0.1) is 11.8 Å². The molecule has 0 saturated carbocycles. The number of nitrogens with one attached hydrogen (secondary N) is 1. The monoisotopic (exact) mass is 297 g/mol. The maximum Gasteiger partial charge on any atom is 0.221 e. The number of ether oxygens (including phenoxy) is 1. The van der Waals surface area contributed by atoms with Crippen molar-refractivity contribution >= 4 is 16.7 Å². The lowest BCUT2D eigenvalue weighted by atomic mass is 10.1. The van der Waals surface area contributed by atoms with Crippen molar-refractivity contribution in [1.29, 1.82) is 5.26 Å². The SMILES string of the molecule is CC(C)Oc1ccc2cc(C(=O)C(C#N)=CN(C)C)[nH]c2c1. The molecule has 0 saturated heterocycles. The predicted octanol–water partition coefficient (Wildman–Crippen LogP) is 3.11. The van der Waals surface area contributed by atoms with Gasteiger partial charge in [-0.1, -0.05) is 0 Å². The molecule has 2 rings (SSSR count). The molecule has 0 aliphatic carbocycles. The Labute approximate surface area is 129 Å². The van der Waals surface area contributed by atoms with E-state index < -0.39 is 0 Å². The summed E-state index contributed by atoms with van der Waals surface area (Å²) < 4.78 is 5.64. The highest BCUT2D eigenvalue weighted by molar-refractivity contribution is 6.12. The van der Waals surface area contributed by atoms with Gasteiger partial charge >= 0.3 is 0 Å². The van der Waals surface area contributed by atoms with Gasteiger partial charge in [0, 0.05) is 37.3 Å². The first-order valence-corrected chi connectivity index (χ1v) is 7.03. The molecule has 0 spiro atoms. The summed E-state index contributed by atoms with van der Waals surface area (Å²) in [5.41, 5.74) is 1.30. The minimum atomic E-state index is -0.321. The van der Waals surface area contributed by atoms with E-state index in [1.165, 1.54) is 6.20 Å². The molecule has 1 aromatic heterocycles. The molecule has 22 heavy (non-hydrogen) atoms. The lowest BCUT2D eigenvalue weighted by Gasteiger charge is -2.08. The number of Topliss-reactive ketones (excluding diaryl/α,β-unsaturated/α-hetero) is 1. The molecule has 5 nitrogen and oxygen atoms in total. The van der Waals surface area contributed by atoms with Crippen LogP contribution in [0, 0.1) is 11.3 Å². The van der Waals surface area contributed by atoms with Gasteiger partial charge in [-0.05, 0) is 32.0 Å². The zero-order chi connectivity index (χ0) is 16.3. The first-order chi connectivity index (χ1) is 10.4. The summed E-state index contributed by atoms with van der Waals surface area (Å²) in [7, 11) is 3.54. The van der Waals surface area contributed by atoms with Crippen LogP contribution in [0.5, 0.6) is 5.75 Å². The van der Waals surface area contributed by atoms with E-state index in [1.807, 2.05) is 38.1 Å². The predicted molar refractivity (Wildman–Crippen MR) is 85.8 cm³/mol. The third-order valence-electron chi connectivity index (χ3n) is 2.96. The summed E-state index contributed by atoms with van der Waals surface area (Å²) in [5.74, 6) is 0.423. The fourth-order valence-corrected chi connectivity index (χ4v) is 2.12. The highest BCUT2D eigenvalue weighted by Gasteiger charge is 2.15. The Kier molecular flexibility index (Phi) is 4.52. The van der Waals surface area contributed by atoms with Crippen molar-refractivity contribution in [2.24, 2.45) is 0 Å². The quantitative estimate of drug-likeness (QED) is 0.523. The topological polar surface area (TPSA) is 69.1 Å². The number of fused-ring (bicyclic) bond motifs is 1. The summed E-state index contributed by atoms with van der Waals surface area (Å²) in [5, 5.41) is 10.0. The summed E-state index contributed by atoms with van der Waals surface area (Å²) in [6, 6.07) is 9.30. The maximum absolute atomic E-state index is 12.4. The number of nitrogens with zero attached hydrogens (tertiary/aromatic N) is 2. The van der Waals surface area contributed by atoms with Gasteiger partial charge in [-0.2, -0.15) is 5.26 Å². The number of carbonyl (C=O) groups is 1. The van der Waals surface area contributed by atoms with Crippen molar-refractivity contribution in [3.63, 3.8) is 0 Å². The van der Waals surface area contributed by atoms with Crippen LogP contribution in [-0.2, 0) is 0 Å². The summed E-state index contributed by atoms with van der Waals surface area (Å²) >= 11 is 0. The molecule has 1 heterocycles. The zero-order valence-corrected chi connectivity index (χ0v) is 13.2. The number of ketones is 1. The minimum Gasteiger partial charge on any atom is -0.491 e. The molecule has 1 aromatic carbocycles. The third-order valence-corrected chi connectivity index (χ3v) is 2.96. The fraction of sp³-hybridized carbons (Fsp3) is 0.294. The molecular formula is C17H19N3O2. The Morgan fingerprint density at radius 3 is 2.68 bits per heavy atom. The molecule has 0 fully saturated rings. The van der Waals surface area contributed by atoms with Crippen molar-refractivity contribution in [2.75, 3.05) is 14.1 Å². The van der Waals surface area contributed by atoms with Crippen molar-refractivity contribution in [1.82, 2.24) is 9.88 Å². The van der Waals surface area contributed by atoms with Crippen LogP contribution in [0.4, 0.5) is 0 Å². The van der Waals surface area contributed by atoms with E-state index in [1.54, 1.807) is 25.1 Å². The Bertz CT molecular complexity index is 764. The minimum absolute atomic E-state index is 0.0849. The molecule has 0 aliphatic rings. The van der Waals surface area contributed by atoms with E-state index in [0.29, 0.717) is 5.69 Å². The normalized spacial score (nSPS) is 11.5. The van der Waals surface area contributed by atoms with E-state index in [-0.39, 0.29) is 17.5 Å². The third kappa shape index (κ3) is 3.47. The van der Waals surface area contributed by atoms with Crippen LogP contribution in [-0.4, -0.2) is 35.9 Å². The number of nitriles is 1. The van der Waals surface area contributed by atoms with Gasteiger partial charge in [0.2, 0.25) is 5.78 Å². The van der Waals surface area contributed by atoms with Gasteiger partial charge < -0.3 is 14.6 Å². The van der Waals surface area contributed by atoms with Crippen LogP contribution in [0.15, 0.2) is 36.0 Å². The molecule has 0 unspecified atom stereocenters. The number of allylic oxidation sites excluding steroid dienone is 1. The lowest BCUT2D eigenvalue weighted by Crippen LogP contribution is -2.09. The van der Waals surface area contributed by atoms with Crippen LogP contribution >= 0.6 is 0 Å². The number of carbonyl (C=O) groups excluding carboxylic acids is 1. The van der Waals surface area contributed by atoms with E-state index in [4.69, 9.17) is 10.00 Å². The van der Waals surface area contributed by atoms with Crippen molar-refractivity contribution < 1.29 is 9.53 Å². The number of benzene rings is 1. The zero-order valence-electron chi connectivity index (χ0n) is 13.2. The number of rotatable bonds is 5. The largest absolute Gasteiger partial charge is 0.491 e. The Balaban J connectivity index is 2.37. The second-order valence-electron chi connectivity index (χ2n) is 5.55. The van der Waals surface area contributed by atoms with Crippen LogP contribution in [0.1, 0.15) is 24.3 Å². The number of H-pyrrole nitrogens is 1. The summed E-state index contributed by atoms with van der Waals surface area (Å²) in [6.45, 7) is 3.91. The summed E-state index contributed by atoms with van der Waals surface area (Å²) in [4.78, 5) is 17.1. The fourth-order valence-electron chi connectivity index (χ4n) is 2.12. The van der Waals surface area contributed by atoms with E-state index >= 15 is 0 Å². The molecule has 0 atom stereocenters. The highest BCUT2D eigenvalue weighted by Crippen LogP contribution is 2.23. The second-order valence-corrected chi connectivity index (χ2v) is 5.55. The molecule has 5 heteroatoms. The molecule has 2 aromatic rings. The molecular weight excluding hydrogens is 278 g/mol. The smallest absolute Gasteiger partial charge is 0.221 e. The van der Waals surface area contributed by atoms with Crippen LogP contribution in [0.2, 0.25) is 0 Å². The van der Waals surface area contributed by atoms with Crippen LogP contribution < -0.4 is 4.74 Å². The first-order valence-electron chi connectivity index (χ1n) is 7.03. The van der Waals surface area contributed by atoms with Gasteiger partial charge in [0.25, 0.3) is 0 Å².